The summed E-state index contributed by atoms with van der Waals surface area (Å²) in [6.07, 6.45) is 1.14. The predicted molar refractivity (Wildman–Crippen MR) is 70.7 cm³/mol. The van der Waals surface area contributed by atoms with Crippen molar-refractivity contribution in [1.29, 1.82) is 0 Å². The van der Waals surface area contributed by atoms with E-state index in [1.54, 1.807) is 0 Å². The maximum Gasteiger partial charge on any atom is 0.328 e. The number of nitro groups is 1. The average Bonchev–Trinajstić information content (AvgIpc) is 3.01. The second kappa shape index (κ2) is 5.51. The molecule has 1 amide bonds. The van der Waals surface area contributed by atoms with Crippen LogP contribution in [-0.2, 0) is 16.6 Å². The summed E-state index contributed by atoms with van der Waals surface area (Å²) in [7, 11) is 2.72. The van der Waals surface area contributed by atoms with Crippen LogP contribution in [0.1, 0.15) is 29.0 Å². The molecular weight excluding hydrogens is 280 g/mol. The Morgan fingerprint density at radius 2 is 2.14 bits per heavy atom. The number of carbonyl (C=O) groups is 2. The third-order valence-electron chi connectivity index (χ3n) is 3.56. The van der Waals surface area contributed by atoms with Crippen molar-refractivity contribution in [3.8, 4) is 0 Å². The van der Waals surface area contributed by atoms with Crippen molar-refractivity contribution in [2.45, 2.75) is 25.8 Å². The smallest absolute Gasteiger partial charge is 0.328 e. The molecule has 1 aromatic heterocycles. The molecule has 9 nitrogen and oxygen atoms in total. The number of aryl methyl sites for hydroxylation is 2. The Balaban J connectivity index is 2.41. The zero-order valence-corrected chi connectivity index (χ0v) is 12.0. The summed E-state index contributed by atoms with van der Waals surface area (Å²) in [6, 6.07) is -0.697. The van der Waals surface area contributed by atoms with Crippen LogP contribution in [0.4, 0.5) is 5.69 Å². The first-order valence-corrected chi connectivity index (χ1v) is 6.45. The molecule has 0 unspecified atom stereocenters. The number of rotatable bonds is 3. The number of likely N-dealkylation sites (tertiary alicyclic amines) is 1. The monoisotopic (exact) mass is 296 g/mol. The van der Waals surface area contributed by atoms with E-state index in [4.69, 9.17) is 0 Å². The summed E-state index contributed by atoms with van der Waals surface area (Å²) >= 11 is 0. The Kier molecular flexibility index (Phi) is 3.92. The fourth-order valence-electron chi connectivity index (χ4n) is 2.63. The Labute approximate surface area is 120 Å². The molecule has 0 aliphatic carbocycles. The van der Waals surface area contributed by atoms with Crippen LogP contribution in [-0.4, -0.2) is 51.2 Å². The van der Waals surface area contributed by atoms with Gasteiger partial charge in [0, 0.05) is 13.6 Å². The zero-order valence-electron chi connectivity index (χ0n) is 12.0. The first-order chi connectivity index (χ1) is 9.88. The van der Waals surface area contributed by atoms with Gasteiger partial charge in [-0.15, -0.1) is 0 Å². The topological polar surface area (TPSA) is 108 Å². The molecule has 1 aliphatic heterocycles. The van der Waals surface area contributed by atoms with Gasteiger partial charge < -0.3 is 9.64 Å². The van der Waals surface area contributed by atoms with Crippen molar-refractivity contribution in [1.82, 2.24) is 14.7 Å². The highest BCUT2D eigenvalue weighted by Gasteiger charge is 2.40. The van der Waals surface area contributed by atoms with Gasteiger partial charge in [-0.3, -0.25) is 19.6 Å². The number of ether oxygens (including phenoxy) is 1. The maximum atomic E-state index is 12.6. The molecule has 9 heteroatoms. The number of aromatic nitrogens is 2. The van der Waals surface area contributed by atoms with Crippen LogP contribution < -0.4 is 0 Å². The van der Waals surface area contributed by atoms with Crippen LogP contribution in [0.25, 0.3) is 0 Å². The Hall–Kier alpha value is -2.45. The van der Waals surface area contributed by atoms with Crippen molar-refractivity contribution < 1.29 is 19.2 Å². The van der Waals surface area contributed by atoms with Gasteiger partial charge in [0.15, 0.2) is 0 Å². The van der Waals surface area contributed by atoms with E-state index >= 15 is 0 Å². The van der Waals surface area contributed by atoms with Crippen LogP contribution in [0.3, 0.4) is 0 Å². The van der Waals surface area contributed by atoms with Gasteiger partial charge in [0.25, 0.3) is 5.91 Å². The number of nitrogens with zero attached hydrogens (tertiary/aromatic N) is 4. The predicted octanol–water partition coefficient (Wildman–Crippen LogP) is 0.414. The quantitative estimate of drug-likeness (QED) is 0.454. The highest BCUT2D eigenvalue weighted by atomic mass is 16.6. The lowest BCUT2D eigenvalue weighted by atomic mass is 10.2. The van der Waals surface area contributed by atoms with Crippen LogP contribution in [0.2, 0.25) is 0 Å². The third kappa shape index (κ3) is 2.46. The van der Waals surface area contributed by atoms with Crippen molar-refractivity contribution in [3.63, 3.8) is 0 Å². The number of esters is 1. The normalized spacial score (nSPS) is 17.9. The third-order valence-corrected chi connectivity index (χ3v) is 3.56. The average molecular weight is 296 g/mol. The molecule has 21 heavy (non-hydrogen) atoms. The second-order valence-electron chi connectivity index (χ2n) is 4.84. The molecule has 0 aromatic carbocycles. The van der Waals surface area contributed by atoms with Crippen molar-refractivity contribution in [3.05, 3.63) is 21.5 Å². The highest BCUT2D eigenvalue weighted by molar-refractivity contribution is 5.99. The van der Waals surface area contributed by atoms with Crippen LogP contribution in [0.15, 0.2) is 0 Å². The van der Waals surface area contributed by atoms with Crippen LogP contribution in [0.5, 0.6) is 0 Å². The second-order valence-corrected chi connectivity index (χ2v) is 4.84. The Morgan fingerprint density at radius 3 is 2.71 bits per heavy atom. The molecule has 0 saturated carbocycles. The fraction of sp³-hybridized carbons (Fsp3) is 0.583. The van der Waals surface area contributed by atoms with E-state index in [-0.39, 0.29) is 17.1 Å². The summed E-state index contributed by atoms with van der Waals surface area (Å²) in [5, 5.41) is 15.1. The first-order valence-electron chi connectivity index (χ1n) is 6.45. The summed E-state index contributed by atoms with van der Waals surface area (Å²) in [6.45, 7) is 1.83. The molecule has 114 valence electrons. The van der Waals surface area contributed by atoms with E-state index in [0.717, 1.165) is 0 Å². The van der Waals surface area contributed by atoms with E-state index in [1.165, 1.54) is 30.7 Å². The summed E-state index contributed by atoms with van der Waals surface area (Å²) < 4.78 is 5.86. The van der Waals surface area contributed by atoms with Gasteiger partial charge in [0.2, 0.25) is 5.69 Å². The molecule has 0 radical (unpaired) electrons. The minimum absolute atomic E-state index is 0.117. The molecule has 1 fully saturated rings. The Morgan fingerprint density at radius 1 is 1.48 bits per heavy atom. The van der Waals surface area contributed by atoms with Crippen LogP contribution >= 0.6 is 0 Å². The molecule has 0 N–H and O–H groups in total. The van der Waals surface area contributed by atoms with Gasteiger partial charge in [-0.1, -0.05) is 0 Å². The zero-order chi connectivity index (χ0) is 15.7. The number of amides is 1. The number of hydrogen-bond acceptors (Lipinski definition) is 6. The molecule has 2 rings (SSSR count). The van der Waals surface area contributed by atoms with Gasteiger partial charge in [0.1, 0.15) is 11.7 Å². The van der Waals surface area contributed by atoms with Crippen molar-refractivity contribution >= 4 is 17.6 Å². The number of methoxy groups -OCH3 is 1. The van der Waals surface area contributed by atoms with E-state index < -0.39 is 22.8 Å². The Bertz CT molecular complexity index is 609. The van der Waals surface area contributed by atoms with Gasteiger partial charge in [-0.25, -0.2) is 4.79 Å². The van der Waals surface area contributed by atoms with Crippen LogP contribution in [0, 0.1) is 17.0 Å². The van der Waals surface area contributed by atoms with E-state index in [0.29, 0.717) is 19.4 Å². The lowest BCUT2D eigenvalue weighted by molar-refractivity contribution is -0.385. The SMILES string of the molecule is COC(=O)[C@@H]1CCCN1C(=O)c1c([N+](=O)[O-])c(C)nn1C. The molecule has 1 aromatic rings. The van der Waals surface area contributed by atoms with Crippen molar-refractivity contribution in [2.75, 3.05) is 13.7 Å². The number of carbonyl (C=O) groups excluding carboxylic acids is 2. The molecule has 1 saturated heterocycles. The van der Waals surface area contributed by atoms with Gasteiger partial charge in [-0.05, 0) is 19.8 Å². The molecule has 2 heterocycles. The molecular formula is C12H16N4O5. The maximum absolute atomic E-state index is 12.6. The first kappa shape index (κ1) is 14.9. The van der Waals surface area contributed by atoms with E-state index in [1.807, 2.05) is 0 Å². The fourth-order valence-corrected chi connectivity index (χ4v) is 2.63. The van der Waals surface area contributed by atoms with E-state index in [9.17, 15) is 19.7 Å². The molecule has 1 atom stereocenters. The lowest BCUT2D eigenvalue weighted by Gasteiger charge is -2.22. The minimum Gasteiger partial charge on any atom is -0.467 e. The molecule has 1 aliphatic rings. The van der Waals surface area contributed by atoms with Crippen molar-refractivity contribution in [2.24, 2.45) is 7.05 Å². The largest absolute Gasteiger partial charge is 0.467 e. The standard InChI is InChI=1S/C12H16N4O5/c1-7-9(16(19)20)10(14(2)13-7)11(17)15-6-4-5-8(15)12(18)21-3/h8H,4-6H2,1-3H3/t8-/m0/s1. The van der Waals surface area contributed by atoms with Gasteiger partial charge in [0.05, 0.1) is 12.0 Å². The van der Waals surface area contributed by atoms with Gasteiger partial charge in [-0.2, -0.15) is 5.10 Å². The summed E-state index contributed by atoms with van der Waals surface area (Å²) in [4.78, 5) is 36.1. The molecule has 0 spiro atoms. The summed E-state index contributed by atoms with van der Waals surface area (Å²) in [5.41, 5.74) is -0.272. The lowest BCUT2D eigenvalue weighted by Crippen LogP contribution is -2.42. The van der Waals surface area contributed by atoms with Gasteiger partial charge >= 0.3 is 11.7 Å². The molecule has 0 bridgehead atoms. The van der Waals surface area contributed by atoms with E-state index in [2.05, 4.69) is 9.84 Å². The number of hydrogen-bond donors (Lipinski definition) is 0. The minimum atomic E-state index is -0.697. The highest BCUT2D eigenvalue weighted by Crippen LogP contribution is 2.27. The summed E-state index contributed by atoms with van der Waals surface area (Å²) in [5.74, 6) is -1.08.